The van der Waals surface area contributed by atoms with Crippen LogP contribution in [0.25, 0.3) is 11.0 Å². The minimum Gasteiger partial charge on any atom is -0.351 e. The quantitative estimate of drug-likeness (QED) is 0.905. The van der Waals surface area contributed by atoms with Crippen molar-refractivity contribution >= 4 is 22.7 Å². The fourth-order valence-electron chi connectivity index (χ4n) is 2.42. The van der Waals surface area contributed by atoms with Crippen LogP contribution in [0.4, 0.5) is 11.6 Å². The number of nitrogens with zero attached hydrogens (tertiary/aromatic N) is 2. The molecule has 0 saturated heterocycles. The zero-order valence-electron chi connectivity index (χ0n) is 13.3. The van der Waals surface area contributed by atoms with Crippen LogP contribution in [0.1, 0.15) is 27.7 Å². The predicted octanol–water partition coefficient (Wildman–Crippen LogP) is 2.97. The number of fused-ring (bicyclic) bond motifs is 2. The van der Waals surface area contributed by atoms with Crippen molar-refractivity contribution in [3.8, 4) is 0 Å². The standard InChI is InChI=1S/C16H22N4O2/c1-9(2)21-15-16(22-10(3)4)20-14-13(19-15)17-11-7-5-6-8-12(11)18-14/h5-10,15-16H,1-4H3,(H,17,19)(H,18,20). The highest BCUT2D eigenvalue weighted by atomic mass is 16.6. The molecule has 0 amide bonds. The summed E-state index contributed by atoms with van der Waals surface area (Å²) >= 11 is 0. The summed E-state index contributed by atoms with van der Waals surface area (Å²) in [5, 5.41) is 6.59. The van der Waals surface area contributed by atoms with Crippen molar-refractivity contribution in [2.45, 2.75) is 52.4 Å². The molecule has 2 unspecified atom stereocenters. The fraction of sp³-hybridized carbons (Fsp3) is 0.500. The maximum absolute atomic E-state index is 5.91. The SMILES string of the molecule is CC(C)OC1Nc2nc3ccccc3nc2NC1OC(C)C. The van der Waals surface area contributed by atoms with Crippen molar-refractivity contribution in [1.82, 2.24) is 9.97 Å². The minimum atomic E-state index is -0.314. The molecule has 0 bridgehead atoms. The van der Waals surface area contributed by atoms with Crippen LogP contribution in [-0.2, 0) is 9.47 Å². The number of nitrogens with one attached hydrogen (secondary N) is 2. The monoisotopic (exact) mass is 302 g/mol. The van der Waals surface area contributed by atoms with Crippen molar-refractivity contribution in [2.75, 3.05) is 10.6 Å². The molecule has 1 aromatic heterocycles. The number of hydrogen-bond acceptors (Lipinski definition) is 6. The number of benzene rings is 1. The summed E-state index contributed by atoms with van der Waals surface area (Å²) in [5.41, 5.74) is 1.70. The van der Waals surface area contributed by atoms with Gasteiger partial charge in [-0.05, 0) is 39.8 Å². The van der Waals surface area contributed by atoms with Gasteiger partial charge < -0.3 is 20.1 Å². The fourth-order valence-corrected chi connectivity index (χ4v) is 2.42. The van der Waals surface area contributed by atoms with E-state index in [9.17, 15) is 0 Å². The smallest absolute Gasteiger partial charge is 0.174 e. The van der Waals surface area contributed by atoms with E-state index in [1.165, 1.54) is 0 Å². The first-order valence-electron chi connectivity index (χ1n) is 7.63. The number of ether oxygens (including phenoxy) is 2. The lowest BCUT2D eigenvalue weighted by Gasteiger charge is -2.36. The molecule has 0 radical (unpaired) electrons. The van der Waals surface area contributed by atoms with Gasteiger partial charge in [0.1, 0.15) is 0 Å². The maximum atomic E-state index is 5.91. The van der Waals surface area contributed by atoms with E-state index in [-0.39, 0.29) is 24.7 Å². The second-order valence-electron chi connectivity index (χ2n) is 5.91. The Morgan fingerprint density at radius 1 is 0.818 bits per heavy atom. The molecule has 118 valence electrons. The predicted molar refractivity (Wildman–Crippen MR) is 86.8 cm³/mol. The molecule has 0 aliphatic carbocycles. The number of rotatable bonds is 4. The molecule has 22 heavy (non-hydrogen) atoms. The van der Waals surface area contributed by atoms with Gasteiger partial charge >= 0.3 is 0 Å². The van der Waals surface area contributed by atoms with Crippen LogP contribution in [0.15, 0.2) is 24.3 Å². The van der Waals surface area contributed by atoms with E-state index in [0.717, 1.165) is 11.0 Å². The molecular weight excluding hydrogens is 280 g/mol. The van der Waals surface area contributed by atoms with Crippen LogP contribution >= 0.6 is 0 Å². The average molecular weight is 302 g/mol. The Balaban J connectivity index is 1.94. The van der Waals surface area contributed by atoms with Gasteiger partial charge in [-0.3, -0.25) is 0 Å². The molecule has 0 saturated carbocycles. The molecular formula is C16H22N4O2. The second-order valence-corrected chi connectivity index (χ2v) is 5.91. The van der Waals surface area contributed by atoms with E-state index in [1.807, 2.05) is 52.0 Å². The molecule has 6 nitrogen and oxygen atoms in total. The van der Waals surface area contributed by atoms with E-state index in [2.05, 4.69) is 20.6 Å². The maximum Gasteiger partial charge on any atom is 0.174 e. The lowest BCUT2D eigenvalue weighted by Crippen LogP contribution is -2.49. The lowest BCUT2D eigenvalue weighted by atomic mass is 10.2. The summed E-state index contributed by atoms with van der Waals surface area (Å²) in [6.45, 7) is 7.98. The topological polar surface area (TPSA) is 68.3 Å². The van der Waals surface area contributed by atoms with Gasteiger partial charge in [0.15, 0.2) is 24.1 Å². The second kappa shape index (κ2) is 6.06. The number of aromatic nitrogens is 2. The van der Waals surface area contributed by atoms with Gasteiger partial charge in [-0.15, -0.1) is 0 Å². The van der Waals surface area contributed by atoms with E-state index in [0.29, 0.717) is 11.6 Å². The molecule has 0 fully saturated rings. The Labute approximate surface area is 130 Å². The van der Waals surface area contributed by atoms with Crippen LogP contribution in [0, 0.1) is 0 Å². The summed E-state index contributed by atoms with van der Waals surface area (Å²) < 4.78 is 11.8. The third kappa shape index (κ3) is 3.13. The van der Waals surface area contributed by atoms with Crippen molar-refractivity contribution in [3.63, 3.8) is 0 Å². The van der Waals surface area contributed by atoms with E-state index in [1.54, 1.807) is 0 Å². The highest BCUT2D eigenvalue weighted by molar-refractivity contribution is 5.80. The van der Waals surface area contributed by atoms with Gasteiger partial charge in [0, 0.05) is 0 Å². The minimum absolute atomic E-state index is 0.0764. The first-order valence-corrected chi connectivity index (χ1v) is 7.63. The largest absolute Gasteiger partial charge is 0.351 e. The number of para-hydroxylation sites is 2. The van der Waals surface area contributed by atoms with Crippen LogP contribution in [0.5, 0.6) is 0 Å². The summed E-state index contributed by atoms with van der Waals surface area (Å²) in [7, 11) is 0. The molecule has 0 spiro atoms. The third-order valence-corrected chi connectivity index (χ3v) is 3.24. The Hall–Kier alpha value is -1.92. The van der Waals surface area contributed by atoms with Crippen molar-refractivity contribution < 1.29 is 9.47 Å². The van der Waals surface area contributed by atoms with Crippen molar-refractivity contribution in [2.24, 2.45) is 0 Å². The first-order chi connectivity index (χ1) is 10.5. The summed E-state index contributed by atoms with van der Waals surface area (Å²) in [6, 6.07) is 7.79. The van der Waals surface area contributed by atoms with Crippen LogP contribution in [0.3, 0.4) is 0 Å². The number of anilines is 2. The normalized spacial score (nSPS) is 20.8. The van der Waals surface area contributed by atoms with Crippen LogP contribution in [0.2, 0.25) is 0 Å². The third-order valence-electron chi connectivity index (χ3n) is 3.24. The molecule has 3 rings (SSSR count). The average Bonchev–Trinajstić information content (AvgIpc) is 2.45. The molecule has 2 heterocycles. The lowest BCUT2D eigenvalue weighted by molar-refractivity contribution is -0.0882. The Morgan fingerprint density at radius 2 is 1.23 bits per heavy atom. The van der Waals surface area contributed by atoms with Gasteiger partial charge in [-0.1, -0.05) is 12.1 Å². The van der Waals surface area contributed by atoms with Crippen LogP contribution < -0.4 is 10.6 Å². The van der Waals surface area contributed by atoms with Crippen molar-refractivity contribution in [3.05, 3.63) is 24.3 Å². The Bertz CT molecular complexity index is 603. The zero-order chi connectivity index (χ0) is 15.7. The van der Waals surface area contributed by atoms with Crippen molar-refractivity contribution in [1.29, 1.82) is 0 Å². The summed E-state index contributed by atoms with van der Waals surface area (Å²) in [4.78, 5) is 9.23. The van der Waals surface area contributed by atoms with Gasteiger partial charge in [-0.2, -0.15) is 0 Å². The van der Waals surface area contributed by atoms with Crippen LogP contribution in [-0.4, -0.2) is 34.6 Å². The molecule has 2 aromatic rings. The van der Waals surface area contributed by atoms with E-state index >= 15 is 0 Å². The first kappa shape index (κ1) is 15.0. The highest BCUT2D eigenvalue weighted by Crippen LogP contribution is 2.28. The molecule has 6 heteroatoms. The summed E-state index contributed by atoms with van der Waals surface area (Å²) in [5.74, 6) is 1.38. The molecule has 2 N–H and O–H groups in total. The molecule has 1 aromatic carbocycles. The zero-order valence-corrected chi connectivity index (χ0v) is 13.3. The summed E-state index contributed by atoms with van der Waals surface area (Å²) in [6.07, 6.45) is -0.476. The van der Waals surface area contributed by atoms with Gasteiger partial charge in [0.2, 0.25) is 0 Å². The Kier molecular flexibility index (Phi) is 4.13. The Morgan fingerprint density at radius 3 is 1.59 bits per heavy atom. The van der Waals surface area contributed by atoms with Gasteiger partial charge in [0.25, 0.3) is 0 Å². The highest BCUT2D eigenvalue weighted by Gasteiger charge is 2.32. The van der Waals surface area contributed by atoms with Gasteiger partial charge in [-0.25, -0.2) is 9.97 Å². The van der Waals surface area contributed by atoms with E-state index in [4.69, 9.17) is 9.47 Å². The molecule has 1 aliphatic rings. The molecule has 2 atom stereocenters. The van der Waals surface area contributed by atoms with E-state index < -0.39 is 0 Å². The van der Waals surface area contributed by atoms with Gasteiger partial charge in [0.05, 0.1) is 23.2 Å². The number of hydrogen-bond donors (Lipinski definition) is 2. The molecule has 1 aliphatic heterocycles.